The van der Waals surface area contributed by atoms with E-state index in [1.165, 1.54) is 19.2 Å². The number of benzene rings is 1. The highest BCUT2D eigenvalue weighted by Gasteiger charge is 2.13. The molecule has 0 aliphatic carbocycles. The molecule has 1 aromatic carbocycles. The molecule has 0 aromatic heterocycles. The minimum absolute atomic E-state index is 0.184. The van der Waals surface area contributed by atoms with E-state index in [4.69, 9.17) is 19.9 Å². The second kappa shape index (κ2) is 9.42. The number of nitrogens with one attached hydrogen (secondary N) is 1. The van der Waals surface area contributed by atoms with Crippen molar-refractivity contribution in [3.8, 4) is 5.75 Å². The third-order valence-corrected chi connectivity index (χ3v) is 2.61. The standard InChI is InChI=1S/C15H20N2O6/c1-10(7-21-2)17-14(19)9-23-15(20)11-4-3-5-12(6-11)22-8-13(16)18/h3-6,10H,7-9H2,1-2H3,(H2,16,18)(H,17,19). The number of carbonyl (C=O) groups is 3. The van der Waals surface area contributed by atoms with E-state index in [-0.39, 0.29) is 18.2 Å². The number of carbonyl (C=O) groups excluding carboxylic acids is 3. The smallest absolute Gasteiger partial charge is 0.338 e. The summed E-state index contributed by atoms with van der Waals surface area (Å²) in [4.78, 5) is 34.1. The van der Waals surface area contributed by atoms with Gasteiger partial charge >= 0.3 is 5.97 Å². The Balaban J connectivity index is 2.49. The zero-order chi connectivity index (χ0) is 17.2. The zero-order valence-electron chi connectivity index (χ0n) is 13.0. The highest BCUT2D eigenvalue weighted by molar-refractivity contribution is 5.91. The Kier molecular flexibility index (Phi) is 7.55. The lowest BCUT2D eigenvalue weighted by Crippen LogP contribution is -2.38. The highest BCUT2D eigenvalue weighted by atomic mass is 16.5. The number of nitrogens with two attached hydrogens (primary N) is 1. The molecule has 8 heteroatoms. The van der Waals surface area contributed by atoms with E-state index >= 15 is 0 Å². The average Bonchev–Trinajstić information content (AvgIpc) is 2.51. The van der Waals surface area contributed by atoms with Crippen LogP contribution >= 0.6 is 0 Å². The van der Waals surface area contributed by atoms with Gasteiger partial charge in [-0.25, -0.2) is 4.79 Å². The van der Waals surface area contributed by atoms with Crippen molar-refractivity contribution in [3.63, 3.8) is 0 Å². The summed E-state index contributed by atoms with van der Waals surface area (Å²) in [5, 5.41) is 2.61. The van der Waals surface area contributed by atoms with Crippen molar-refractivity contribution in [2.45, 2.75) is 13.0 Å². The van der Waals surface area contributed by atoms with E-state index in [0.29, 0.717) is 12.4 Å². The molecular weight excluding hydrogens is 304 g/mol. The summed E-state index contributed by atoms with van der Waals surface area (Å²) >= 11 is 0. The number of primary amides is 1. The van der Waals surface area contributed by atoms with Crippen molar-refractivity contribution < 1.29 is 28.6 Å². The molecule has 1 aromatic rings. The summed E-state index contributed by atoms with van der Waals surface area (Å²) in [7, 11) is 1.52. The Morgan fingerprint density at radius 3 is 2.65 bits per heavy atom. The molecule has 0 fully saturated rings. The van der Waals surface area contributed by atoms with E-state index in [2.05, 4.69) is 5.32 Å². The molecular formula is C15H20N2O6. The Labute approximate surface area is 133 Å². The summed E-state index contributed by atoms with van der Waals surface area (Å²) in [5.74, 6) is -1.43. The second-order valence-electron chi connectivity index (χ2n) is 4.78. The number of esters is 1. The van der Waals surface area contributed by atoms with Crippen LogP contribution in [0.25, 0.3) is 0 Å². The first kappa shape index (κ1) is 18.4. The predicted octanol–water partition coefficient (Wildman–Crippen LogP) is -0.141. The van der Waals surface area contributed by atoms with Gasteiger partial charge in [0.15, 0.2) is 13.2 Å². The molecule has 0 radical (unpaired) electrons. The molecule has 0 saturated heterocycles. The third kappa shape index (κ3) is 7.28. The second-order valence-corrected chi connectivity index (χ2v) is 4.78. The van der Waals surface area contributed by atoms with Crippen molar-refractivity contribution in [3.05, 3.63) is 29.8 Å². The molecule has 0 bridgehead atoms. The van der Waals surface area contributed by atoms with Gasteiger partial charge in [-0.05, 0) is 25.1 Å². The SMILES string of the molecule is COCC(C)NC(=O)COC(=O)c1cccc(OCC(N)=O)c1. The molecule has 0 aliphatic heterocycles. The van der Waals surface area contributed by atoms with Crippen LogP contribution in [-0.2, 0) is 19.1 Å². The first-order valence-corrected chi connectivity index (χ1v) is 6.89. The van der Waals surface area contributed by atoms with E-state index in [0.717, 1.165) is 0 Å². The van der Waals surface area contributed by atoms with Gasteiger partial charge in [-0.15, -0.1) is 0 Å². The van der Waals surface area contributed by atoms with Crippen LogP contribution in [0.3, 0.4) is 0 Å². The van der Waals surface area contributed by atoms with Gasteiger partial charge in [0.25, 0.3) is 11.8 Å². The summed E-state index contributed by atoms with van der Waals surface area (Å²) in [6, 6.07) is 5.85. The van der Waals surface area contributed by atoms with Crippen LogP contribution in [0.15, 0.2) is 24.3 Å². The van der Waals surface area contributed by atoms with E-state index in [1.807, 2.05) is 0 Å². The summed E-state index contributed by atoms with van der Waals surface area (Å²) < 4.78 is 14.9. The molecule has 126 valence electrons. The van der Waals surface area contributed by atoms with Crippen molar-refractivity contribution in [2.75, 3.05) is 26.9 Å². The lowest BCUT2D eigenvalue weighted by atomic mass is 10.2. The quantitative estimate of drug-likeness (QED) is 0.611. The molecule has 3 N–H and O–H groups in total. The minimum atomic E-state index is -0.677. The Morgan fingerprint density at radius 2 is 2.00 bits per heavy atom. The minimum Gasteiger partial charge on any atom is -0.484 e. The maximum absolute atomic E-state index is 11.9. The molecule has 0 aliphatic rings. The molecule has 23 heavy (non-hydrogen) atoms. The van der Waals surface area contributed by atoms with Crippen molar-refractivity contribution in [1.29, 1.82) is 0 Å². The monoisotopic (exact) mass is 324 g/mol. The number of ether oxygens (including phenoxy) is 3. The zero-order valence-corrected chi connectivity index (χ0v) is 13.0. The molecule has 1 unspecified atom stereocenters. The number of rotatable bonds is 9. The van der Waals surface area contributed by atoms with Crippen molar-refractivity contribution >= 4 is 17.8 Å². The fraction of sp³-hybridized carbons (Fsp3) is 0.400. The van der Waals surface area contributed by atoms with Crippen LogP contribution < -0.4 is 15.8 Å². The maximum atomic E-state index is 11.9. The van der Waals surface area contributed by atoms with Crippen molar-refractivity contribution in [1.82, 2.24) is 5.32 Å². The van der Waals surface area contributed by atoms with Gasteiger partial charge < -0.3 is 25.3 Å². The Bertz CT molecular complexity index is 561. The average molecular weight is 324 g/mol. The van der Waals surface area contributed by atoms with Crippen LogP contribution in [0.1, 0.15) is 17.3 Å². The Hall–Kier alpha value is -2.61. The predicted molar refractivity (Wildman–Crippen MR) is 80.9 cm³/mol. The summed E-state index contributed by atoms with van der Waals surface area (Å²) in [6.45, 7) is 1.43. The van der Waals surface area contributed by atoms with Gasteiger partial charge in [0, 0.05) is 13.2 Å². The largest absolute Gasteiger partial charge is 0.484 e. The van der Waals surface area contributed by atoms with Crippen LogP contribution in [0, 0.1) is 0 Å². The fourth-order valence-electron chi connectivity index (χ4n) is 1.69. The number of methoxy groups -OCH3 is 1. The highest BCUT2D eigenvalue weighted by Crippen LogP contribution is 2.14. The molecule has 0 heterocycles. The number of amides is 2. The van der Waals surface area contributed by atoms with Crippen LogP contribution in [0.2, 0.25) is 0 Å². The third-order valence-electron chi connectivity index (χ3n) is 2.61. The molecule has 2 amide bonds. The van der Waals surface area contributed by atoms with Crippen molar-refractivity contribution in [2.24, 2.45) is 5.73 Å². The van der Waals surface area contributed by atoms with Crippen LogP contribution in [0.5, 0.6) is 5.75 Å². The van der Waals surface area contributed by atoms with Gasteiger partial charge in [0.2, 0.25) is 0 Å². The first-order chi connectivity index (χ1) is 10.9. The van der Waals surface area contributed by atoms with Gasteiger partial charge in [0.1, 0.15) is 5.75 Å². The van der Waals surface area contributed by atoms with Gasteiger partial charge in [-0.1, -0.05) is 6.07 Å². The Morgan fingerprint density at radius 1 is 1.26 bits per heavy atom. The topological polar surface area (TPSA) is 117 Å². The molecule has 1 rings (SSSR count). The van der Waals surface area contributed by atoms with Gasteiger partial charge in [-0.2, -0.15) is 0 Å². The van der Waals surface area contributed by atoms with E-state index in [9.17, 15) is 14.4 Å². The van der Waals surface area contributed by atoms with Gasteiger partial charge in [-0.3, -0.25) is 9.59 Å². The number of hydrogen-bond donors (Lipinski definition) is 2. The molecule has 0 saturated carbocycles. The fourth-order valence-corrected chi connectivity index (χ4v) is 1.69. The summed E-state index contributed by atoms with van der Waals surface area (Å²) in [6.07, 6.45) is 0. The normalized spacial score (nSPS) is 11.4. The number of hydrogen-bond acceptors (Lipinski definition) is 6. The summed E-state index contributed by atoms with van der Waals surface area (Å²) in [5.41, 5.74) is 5.17. The van der Waals surface area contributed by atoms with E-state index < -0.39 is 24.4 Å². The molecule has 0 spiro atoms. The van der Waals surface area contributed by atoms with Gasteiger partial charge in [0.05, 0.1) is 12.2 Å². The first-order valence-electron chi connectivity index (χ1n) is 6.89. The van der Waals surface area contributed by atoms with Crippen LogP contribution in [-0.4, -0.2) is 50.8 Å². The van der Waals surface area contributed by atoms with E-state index in [1.54, 1.807) is 19.1 Å². The molecule has 1 atom stereocenters. The lowest BCUT2D eigenvalue weighted by Gasteiger charge is -2.12. The molecule has 8 nitrogen and oxygen atoms in total. The lowest BCUT2D eigenvalue weighted by molar-refractivity contribution is -0.125. The van der Waals surface area contributed by atoms with Crippen LogP contribution in [0.4, 0.5) is 0 Å². The maximum Gasteiger partial charge on any atom is 0.338 e.